The van der Waals surface area contributed by atoms with Crippen molar-refractivity contribution < 1.29 is 9.53 Å². The van der Waals surface area contributed by atoms with E-state index in [1.54, 1.807) is 13.3 Å². The van der Waals surface area contributed by atoms with Crippen molar-refractivity contribution >= 4 is 5.91 Å². The van der Waals surface area contributed by atoms with Crippen LogP contribution < -0.4 is 5.32 Å². The second-order valence-electron chi connectivity index (χ2n) is 6.30. The molecule has 2 atom stereocenters. The maximum atomic E-state index is 12.0. The van der Waals surface area contributed by atoms with Crippen LogP contribution in [0, 0.1) is 5.41 Å². The molecule has 0 spiro atoms. The molecule has 1 amide bonds. The molecule has 1 aliphatic rings. The minimum absolute atomic E-state index is 0.0393. The van der Waals surface area contributed by atoms with Crippen molar-refractivity contribution in [3.63, 3.8) is 0 Å². The molecule has 2 unspecified atom stereocenters. The molecule has 1 N–H and O–H groups in total. The van der Waals surface area contributed by atoms with Crippen LogP contribution in [0.4, 0.5) is 0 Å². The van der Waals surface area contributed by atoms with Gasteiger partial charge in [0.1, 0.15) is 0 Å². The van der Waals surface area contributed by atoms with Crippen molar-refractivity contribution in [2.75, 3.05) is 7.11 Å². The Hall–Kier alpha value is -1.42. The maximum absolute atomic E-state index is 12.0. The van der Waals surface area contributed by atoms with Crippen molar-refractivity contribution in [3.05, 3.63) is 30.1 Å². The number of amides is 1. The monoisotopic (exact) mass is 276 g/mol. The van der Waals surface area contributed by atoms with Crippen LogP contribution in [0.3, 0.4) is 0 Å². The average Bonchev–Trinajstić information content (AvgIpc) is 2.45. The molecular formula is C16H24N2O2. The highest BCUT2D eigenvalue weighted by atomic mass is 16.5. The van der Waals surface area contributed by atoms with Gasteiger partial charge in [-0.15, -0.1) is 0 Å². The molecule has 1 aromatic heterocycles. The number of hydrogen-bond donors (Lipinski definition) is 1. The molecule has 110 valence electrons. The predicted molar refractivity (Wildman–Crippen MR) is 78.3 cm³/mol. The Morgan fingerprint density at radius 2 is 2.20 bits per heavy atom. The second-order valence-corrected chi connectivity index (χ2v) is 6.30. The molecule has 0 radical (unpaired) electrons. The van der Waals surface area contributed by atoms with Crippen molar-refractivity contribution in [2.45, 2.75) is 51.7 Å². The topological polar surface area (TPSA) is 51.2 Å². The lowest BCUT2D eigenvalue weighted by molar-refractivity contribution is -0.182. The molecule has 0 saturated heterocycles. The van der Waals surface area contributed by atoms with Gasteiger partial charge in [-0.1, -0.05) is 19.9 Å². The Labute approximate surface area is 120 Å². The van der Waals surface area contributed by atoms with Crippen LogP contribution in [0.1, 0.15) is 39.3 Å². The van der Waals surface area contributed by atoms with E-state index >= 15 is 0 Å². The number of carbonyl (C=O) groups excluding carboxylic acids is 1. The lowest BCUT2D eigenvalue weighted by atomic mass is 9.56. The zero-order valence-electron chi connectivity index (χ0n) is 12.8. The molecule has 1 fully saturated rings. The summed E-state index contributed by atoms with van der Waals surface area (Å²) in [6.07, 6.45) is 3.78. The zero-order chi connectivity index (χ0) is 14.8. The van der Waals surface area contributed by atoms with Gasteiger partial charge in [-0.05, 0) is 31.9 Å². The smallest absolute Gasteiger partial charge is 0.220 e. The van der Waals surface area contributed by atoms with Gasteiger partial charge in [-0.3, -0.25) is 9.78 Å². The molecular weight excluding hydrogens is 252 g/mol. The SMILES string of the molecule is COC1(C)CC(NC(=O)CCc2ccccn2)C1(C)C. The van der Waals surface area contributed by atoms with Gasteiger partial charge in [-0.2, -0.15) is 0 Å². The Balaban J connectivity index is 1.82. The van der Waals surface area contributed by atoms with Gasteiger partial charge in [0.15, 0.2) is 0 Å². The summed E-state index contributed by atoms with van der Waals surface area (Å²) in [5.41, 5.74) is 0.770. The summed E-state index contributed by atoms with van der Waals surface area (Å²) in [6.45, 7) is 6.39. The summed E-state index contributed by atoms with van der Waals surface area (Å²) >= 11 is 0. The van der Waals surface area contributed by atoms with Crippen molar-refractivity contribution in [3.8, 4) is 0 Å². The summed E-state index contributed by atoms with van der Waals surface area (Å²) < 4.78 is 5.57. The highest BCUT2D eigenvalue weighted by Gasteiger charge is 2.58. The Kier molecular flexibility index (Phi) is 4.14. The fourth-order valence-corrected chi connectivity index (χ4v) is 2.78. The van der Waals surface area contributed by atoms with E-state index in [1.165, 1.54) is 0 Å². The first-order chi connectivity index (χ1) is 9.39. The van der Waals surface area contributed by atoms with Crippen LogP contribution in [0.15, 0.2) is 24.4 Å². The quantitative estimate of drug-likeness (QED) is 0.898. The number of nitrogens with one attached hydrogen (secondary N) is 1. The Morgan fingerprint density at radius 3 is 2.75 bits per heavy atom. The number of carbonyl (C=O) groups is 1. The van der Waals surface area contributed by atoms with E-state index in [1.807, 2.05) is 18.2 Å². The number of rotatable bonds is 5. The summed E-state index contributed by atoms with van der Waals surface area (Å²) in [6, 6.07) is 5.96. The van der Waals surface area contributed by atoms with Gasteiger partial charge in [0.25, 0.3) is 0 Å². The highest BCUT2D eigenvalue weighted by molar-refractivity contribution is 5.76. The average molecular weight is 276 g/mol. The third kappa shape index (κ3) is 2.70. The van der Waals surface area contributed by atoms with E-state index in [-0.39, 0.29) is 23.0 Å². The molecule has 0 aromatic carbocycles. The van der Waals surface area contributed by atoms with Gasteiger partial charge in [0.05, 0.1) is 5.60 Å². The number of methoxy groups -OCH3 is 1. The maximum Gasteiger partial charge on any atom is 0.220 e. The van der Waals surface area contributed by atoms with Crippen LogP contribution >= 0.6 is 0 Å². The van der Waals surface area contributed by atoms with Crippen molar-refractivity contribution in [2.24, 2.45) is 5.41 Å². The second kappa shape index (κ2) is 5.52. The molecule has 1 aromatic rings. The first-order valence-corrected chi connectivity index (χ1v) is 7.13. The summed E-state index contributed by atoms with van der Waals surface area (Å²) in [5.74, 6) is 0.0897. The lowest BCUT2D eigenvalue weighted by Gasteiger charge is -2.59. The standard InChI is InChI=1S/C16H24N2O2/c1-15(2)13(11-16(15,3)20-4)18-14(19)9-8-12-7-5-6-10-17-12/h5-7,10,13H,8-9,11H2,1-4H3,(H,18,19). The van der Waals surface area contributed by atoms with E-state index in [0.29, 0.717) is 12.8 Å². The molecule has 1 saturated carbocycles. The Morgan fingerprint density at radius 1 is 1.45 bits per heavy atom. The number of hydrogen-bond acceptors (Lipinski definition) is 3. The summed E-state index contributed by atoms with van der Waals surface area (Å²) in [7, 11) is 1.74. The highest BCUT2D eigenvalue weighted by Crippen LogP contribution is 2.51. The molecule has 4 nitrogen and oxygen atoms in total. The van der Waals surface area contributed by atoms with Gasteiger partial charge in [0, 0.05) is 36.9 Å². The number of pyridine rings is 1. The molecule has 0 bridgehead atoms. The molecule has 1 aliphatic carbocycles. The fraction of sp³-hybridized carbons (Fsp3) is 0.625. The van der Waals surface area contributed by atoms with E-state index < -0.39 is 0 Å². The van der Waals surface area contributed by atoms with Gasteiger partial charge >= 0.3 is 0 Å². The molecule has 4 heteroatoms. The number of nitrogens with zero attached hydrogens (tertiary/aromatic N) is 1. The number of aryl methyl sites for hydroxylation is 1. The van der Waals surface area contributed by atoms with Crippen molar-refractivity contribution in [1.29, 1.82) is 0 Å². The van der Waals surface area contributed by atoms with Crippen LogP contribution in [-0.4, -0.2) is 29.6 Å². The van der Waals surface area contributed by atoms with E-state index in [0.717, 1.165) is 12.1 Å². The van der Waals surface area contributed by atoms with Crippen LogP contribution in [0.25, 0.3) is 0 Å². The van der Waals surface area contributed by atoms with Crippen LogP contribution in [0.2, 0.25) is 0 Å². The van der Waals surface area contributed by atoms with E-state index in [9.17, 15) is 4.79 Å². The number of ether oxygens (including phenoxy) is 1. The van der Waals surface area contributed by atoms with E-state index in [2.05, 4.69) is 31.1 Å². The van der Waals surface area contributed by atoms with Gasteiger partial charge in [0.2, 0.25) is 5.91 Å². The molecule has 20 heavy (non-hydrogen) atoms. The first-order valence-electron chi connectivity index (χ1n) is 7.13. The van der Waals surface area contributed by atoms with Crippen LogP contribution in [-0.2, 0) is 16.0 Å². The fourth-order valence-electron chi connectivity index (χ4n) is 2.78. The molecule has 1 heterocycles. The summed E-state index contributed by atoms with van der Waals surface area (Å²) in [5, 5.41) is 3.12. The third-order valence-electron chi connectivity index (χ3n) is 4.95. The largest absolute Gasteiger partial charge is 0.378 e. The number of aromatic nitrogens is 1. The first kappa shape index (κ1) is 15.0. The Bertz CT molecular complexity index is 473. The van der Waals surface area contributed by atoms with E-state index in [4.69, 9.17) is 4.74 Å². The minimum atomic E-state index is -0.147. The minimum Gasteiger partial charge on any atom is -0.378 e. The van der Waals surface area contributed by atoms with Gasteiger partial charge < -0.3 is 10.1 Å². The lowest BCUT2D eigenvalue weighted by Crippen LogP contribution is -2.68. The van der Waals surface area contributed by atoms with Crippen molar-refractivity contribution in [1.82, 2.24) is 10.3 Å². The van der Waals surface area contributed by atoms with Gasteiger partial charge in [-0.25, -0.2) is 0 Å². The normalized spacial score (nSPS) is 27.7. The van der Waals surface area contributed by atoms with Crippen LogP contribution in [0.5, 0.6) is 0 Å². The molecule has 0 aliphatic heterocycles. The summed E-state index contributed by atoms with van der Waals surface area (Å²) in [4.78, 5) is 16.3. The third-order valence-corrected chi connectivity index (χ3v) is 4.95. The predicted octanol–water partition coefficient (Wildman–Crippen LogP) is 2.33. The zero-order valence-corrected chi connectivity index (χ0v) is 12.8. The molecule has 2 rings (SSSR count).